The first kappa shape index (κ1) is 19.0. The van der Waals surface area contributed by atoms with Crippen molar-refractivity contribution < 1.29 is 14.0 Å². The van der Waals surface area contributed by atoms with E-state index in [-0.39, 0.29) is 11.5 Å². The zero-order valence-corrected chi connectivity index (χ0v) is 16.7. The van der Waals surface area contributed by atoms with Gasteiger partial charge in [0.1, 0.15) is 16.5 Å². The molecule has 0 aliphatic heterocycles. The number of aromatic nitrogens is 3. The van der Waals surface area contributed by atoms with Crippen LogP contribution >= 0.6 is 22.7 Å². The quantitative estimate of drug-likeness (QED) is 0.488. The fourth-order valence-corrected chi connectivity index (χ4v) is 4.19. The maximum Gasteiger partial charge on any atom is 0.289 e. The number of hydrazine groups is 1. The van der Waals surface area contributed by atoms with E-state index in [1.54, 1.807) is 53.8 Å². The Bertz CT molecular complexity index is 1180. The summed E-state index contributed by atoms with van der Waals surface area (Å²) in [5.41, 5.74) is 6.57. The lowest BCUT2D eigenvalue weighted by atomic mass is 10.2. The normalized spacial score (nSPS) is 10.7. The molecule has 7 nitrogen and oxygen atoms in total. The number of nitrogens with zero attached hydrogens (tertiary/aromatic N) is 3. The molecule has 146 valence electrons. The van der Waals surface area contributed by atoms with Gasteiger partial charge < -0.3 is 0 Å². The Morgan fingerprint density at radius 3 is 2.52 bits per heavy atom. The number of hydrogen-bond donors (Lipinski definition) is 2. The Balaban J connectivity index is 1.38. The number of carbonyl (C=O) groups is 2. The molecule has 1 aromatic carbocycles. The molecule has 0 bridgehead atoms. The minimum atomic E-state index is -0.514. The Morgan fingerprint density at radius 2 is 1.79 bits per heavy atom. The molecule has 0 saturated carbocycles. The summed E-state index contributed by atoms with van der Waals surface area (Å²) in [4.78, 5) is 30.1. The second-order valence-electron chi connectivity index (χ2n) is 6.02. The Kier molecular flexibility index (Phi) is 5.19. The molecule has 0 spiro atoms. The van der Waals surface area contributed by atoms with E-state index in [1.165, 1.54) is 34.8 Å². The van der Waals surface area contributed by atoms with Crippen LogP contribution in [0.3, 0.4) is 0 Å². The molecular formula is C19H14FN5O2S2. The van der Waals surface area contributed by atoms with E-state index in [2.05, 4.69) is 20.9 Å². The standard InChI is InChI=1S/C19H14FN5O2S2/c1-25-9-12(8-21-25)19-22-14(10-28-19)17(26)23-24-18(27)16-7-6-15(29-16)11-2-4-13(20)5-3-11/h2-10H,1H3,(H,23,26)(H,24,27). The number of hydrogen-bond acceptors (Lipinski definition) is 6. The predicted octanol–water partition coefficient (Wildman–Crippen LogP) is 3.49. The van der Waals surface area contributed by atoms with Crippen molar-refractivity contribution in [3.05, 3.63) is 70.6 Å². The van der Waals surface area contributed by atoms with Crippen molar-refractivity contribution in [3.8, 4) is 21.0 Å². The summed E-state index contributed by atoms with van der Waals surface area (Å²) < 4.78 is 14.7. The summed E-state index contributed by atoms with van der Waals surface area (Å²) in [5.74, 6) is -1.28. The number of amides is 2. The van der Waals surface area contributed by atoms with E-state index >= 15 is 0 Å². The minimum Gasteiger partial charge on any atom is -0.275 e. The average Bonchev–Trinajstić information content (AvgIpc) is 3.46. The van der Waals surface area contributed by atoms with E-state index in [0.29, 0.717) is 9.88 Å². The second-order valence-corrected chi connectivity index (χ2v) is 7.96. The summed E-state index contributed by atoms with van der Waals surface area (Å²) >= 11 is 2.56. The fourth-order valence-electron chi connectivity index (χ4n) is 2.51. The van der Waals surface area contributed by atoms with Crippen LogP contribution in [0.25, 0.3) is 21.0 Å². The molecule has 0 atom stereocenters. The first-order chi connectivity index (χ1) is 14.0. The molecule has 0 unspecified atom stereocenters. The fraction of sp³-hybridized carbons (Fsp3) is 0.0526. The number of thiophene rings is 1. The highest BCUT2D eigenvalue weighted by Crippen LogP contribution is 2.28. The zero-order valence-electron chi connectivity index (χ0n) is 15.0. The van der Waals surface area contributed by atoms with Crippen LogP contribution in [0, 0.1) is 5.82 Å². The van der Waals surface area contributed by atoms with Gasteiger partial charge in [-0.15, -0.1) is 22.7 Å². The van der Waals surface area contributed by atoms with Crippen LogP contribution in [-0.2, 0) is 7.05 Å². The molecule has 2 N–H and O–H groups in total. The van der Waals surface area contributed by atoms with Crippen molar-refractivity contribution in [3.63, 3.8) is 0 Å². The molecule has 0 aliphatic rings. The van der Waals surface area contributed by atoms with E-state index in [9.17, 15) is 14.0 Å². The van der Waals surface area contributed by atoms with Gasteiger partial charge in [-0.1, -0.05) is 12.1 Å². The van der Waals surface area contributed by atoms with Crippen LogP contribution < -0.4 is 10.9 Å². The summed E-state index contributed by atoms with van der Waals surface area (Å²) in [7, 11) is 1.80. The average molecular weight is 427 g/mol. The van der Waals surface area contributed by atoms with Crippen molar-refractivity contribution in [1.82, 2.24) is 25.6 Å². The Morgan fingerprint density at radius 1 is 1.03 bits per heavy atom. The molecule has 3 heterocycles. The first-order valence-corrected chi connectivity index (χ1v) is 10.1. The van der Waals surface area contributed by atoms with Crippen LogP contribution in [0.15, 0.2) is 54.2 Å². The summed E-state index contributed by atoms with van der Waals surface area (Å²) in [6.07, 6.45) is 3.47. The molecule has 0 saturated heterocycles. The van der Waals surface area contributed by atoms with E-state index in [4.69, 9.17) is 0 Å². The molecule has 0 radical (unpaired) electrons. The minimum absolute atomic E-state index is 0.201. The van der Waals surface area contributed by atoms with Crippen molar-refractivity contribution in [2.45, 2.75) is 0 Å². The van der Waals surface area contributed by atoms with E-state index < -0.39 is 11.8 Å². The van der Waals surface area contributed by atoms with E-state index in [0.717, 1.165) is 16.0 Å². The van der Waals surface area contributed by atoms with Gasteiger partial charge in [-0.2, -0.15) is 5.10 Å². The van der Waals surface area contributed by atoms with Crippen molar-refractivity contribution in [2.24, 2.45) is 7.05 Å². The molecule has 29 heavy (non-hydrogen) atoms. The van der Waals surface area contributed by atoms with Crippen molar-refractivity contribution in [2.75, 3.05) is 0 Å². The van der Waals surface area contributed by atoms with Crippen molar-refractivity contribution in [1.29, 1.82) is 0 Å². The van der Waals surface area contributed by atoms with E-state index in [1.807, 2.05) is 0 Å². The lowest BCUT2D eigenvalue weighted by Gasteiger charge is -2.04. The van der Waals surface area contributed by atoms with Crippen LogP contribution in [0.2, 0.25) is 0 Å². The highest BCUT2D eigenvalue weighted by molar-refractivity contribution is 7.17. The molecule has 0 aliphatic carbocycles. The van der Waals surface area contributed by atoms with Gasteiger partial charge in [-0.3, -0.25) is 25.1 Å². The van der Waals surface area contributed by atoms with Crippen LogP contribution in [0.4, 0.5) is 4.39 Å². The number of halogens is 1. The van der Waals surface area contributed by atoms with Gasteiger partial charge in [0, 0.05) is 29.1 Å². The zero-order chi connectivity index (χ0) is 20.4. The molecule has 2 amide bonds. The smallest absolute Gasteiger partial charge is 0.275 e. The van der Waals surface area contributed by atoms with Gasteiger partial charge in [0.25, 0.3) is 11.8 Å². The molecule has 4 rings (SSSR count). The lowest BCUT2D eigenvalue weighted by Crippen LogP contribution is -2.41. The van der Waals surface area contributed by atoms with Gasteiger partial charge in [-0.05, 0) is 29.8 Å². The topological polar surface area (TPSA) is 88.9 Å². The number of aryl methyl sites for hydroxylation is 1. The number of thiazole rings is 1. The third kappa shape index (κ3) is 4.23. The number of rotatable bonds is 4. The van der Waals surface area contributed by atoms with Gasteiger partial charge in [0.05, 0.1) is 11.1 Å². The second kappa shape index (κ2) is 7.94. The maximum absolute atomic E-state index is 13.0. The van der Waals surface area contributed by atoms with Crippen LogP contribution in [-0.4, -0.2) is 26.6 Å². The van der Waals surface area contributed by atoms with Gasteiger partial charge in [0.15, 0.2) is 0 Å². The van der Waals surface area contributed by atoms with Crippen LogP contribution in [0.5, 0.6) is 0 Å². The summed E-state index contributed by atoms with van der Waals surface area (Å²) in [6, 6.07) is 9.44. The molecule has 4 aromatic rings. The maximum atomic E-state index is 13.0. The van der Waals surface area contributed by atoms with Gasteiger partial charge in [0.2, 0.25) is 0 Å². The summed E-state index contributed by atoms with van der Waals surface area (Å²) in [6.45, 7) is 0. The third-order valence-electron chi connectivity index (χ3n) is 3.94. The SMILES string of the molecule is Cn1cc(-c2nc(C(=O)NNC(=O)c3ccc(-c4ccc(F)cc4)s3)cs2)cn1. The van der Waals surface area contributed by atoms with Crippen LogP contribution in [0.1, 0.15) is 20.2 Å². The third-order valence-corrected chi connectivity index (χ3v) is 5.96. The Hall–Kier alpha value is -3.37. The first-order valence-electron chi connectivity index (χ1n) is 8.40. The molecule has 10 heteroatoms. The highest BCUT2D eigenvalue weighted by atomic mass is 32.1. The molecule has 0 fully saturated rings. The number of nitrogens with one attached hydrogen (secondary N) is 2. The van der Waals surface area contributed by atoms with Gasteiger partial charge >= 0.3 is 0 Å². The molecule has 3 aromatic heterocycles. The predicted molar refractivity (Wildman–Crippen MR) is 109 cm³/mol. The number of carbonyl (C=O) groups excluding carboxylic acids is 2. The highest BCUT2D eigenvalue weighted by Gasteiger charge is 2.15. The lowest BCUT2D eigenvalue weighted by molar-refractivity contribution is 0.0846. The summed E-state index contributed by atoms with van der Waals surface area (Å²) in [5, 5.41) is 6.35. The largest absolute Gasteiger partial charge is 0.289 e. The Labute approximate surface area is 172 Å². The monoisotopic (exact) mass is 427 g/mol. The van der Waals surface area contributed by atoms with Crippen molar-refractivity contribution >= 4 is 34.5 Å². The number of benzene rings is 1. The van der Waals surface area contributed by atoms with Gasteiger partial charge in [-0.25, -0.2) is 9.37 Å². The molecular weight excluding hydrogens is 413 g/mol.